The lowest BCUT2D eigenvalue weighted by atomic mass is 10.0. The van der Waals surface area contributed by atoms with Gasteiger partial charge in [0, 0.05) is 0 Å². The van der Waals surface area contributed by atoms with Crippen LogP contribution < -0.4 is 0 Å². The van der Waals surface area contributed by atoms with Crippen LogP contribution in [0.2, 0.25) is 0 Å². The molecule has 0 heterocycles. The van der Waals surface area contributed by atoms with Gasteiger partial charge in [0.2, 0.25) is 0 Å². The van der Waals surface area contributed by atoms with Crippen LogP contribution in [0.3, 0.4) is 0 Å². The molecule has 0 spiro atoms. The molecule has 2 nitrogen and oxygen atoms in total. The molecular formula is C24H50NO-. The van der Waals surface area contributed by atoms with Crippen LogP contribution in [0.25, 0.3) is 0 Å². The van der Waals surface area contributed by atoms with Crippen molar-refractivity contribution in [2.75, 3.05) is 0 Å². The average Bonchev–Trinajstić information content (AvgIpc) is 2.65. The van der Waals surface area contributed by atoms with Gasteiger partial charge in [-0.1, -0.05) is 130 Å². The predicted octanol–water partition coefficient (Wildman–Crippen LogP) is 8.62. The van der Waals surface area contributed by atoms with Crippen LogP contribution in [0.4, 0.5) is 0 Å². The van der Waals surface area contributed by atoms with E-state index < -0.39 is 0 Å². The number of unbranched alkanes of at least 4 members (excludes halogenated alkanes) is 14. The maximum atomic E-state index is 12.4. The van der Waals surface area contributed by atoms with Gasteiger partial charge in [-0.25, -0.2) is 0 Å². The van der Waals surface area contributed by atoms with E-state index in [9.17, 15) is 5.21 Å². The third kappa shape index (κ3) is 16.1. The smallest absolute Gasteiger partial charge is 0.00531 e. The highest BCUT2D eigenvalue weighted by Crippen LogP contribution is 2.18. The fourth-order valence-electron chi connectivity index (χ4n) is 3.84. The van der Waals surface area contributed by atoms with Crippen LogP contribution in [-0.2, 0) is 0 Å². The first-order valence-corrected chi connectivity index (χ1v) is 12.1. The van der Waals surface area contributed by atoms with Gasteiger partial charge in [-0.15, -0.1) is 0 Å². The van der Waals surface area contributed by atoms with Crippen molar-refractivity contribution in [3.63, 3.8) is 0 Å². The topological polar surface area (TPSA) is 26.3 Å². The summed E-state index contributed by atoms with van der Waals surface area (Å²) >= 11 is 0. The van der Waals surface area contributed by atoms with Crippen LogP contribution in [0.1, 0.15) is 143 Å². The minimum Gasteiger partial charge on any atom is -0.785 e. The molecule has 0 saturated carbocycles. The van der Waals surface area contributed by atoms with Crippen LogP contribution in [0.5, 0.6) is 0 Å². The molecule has 0 aromatic heterocycles. The highest BCUT2D eigenvalue weighted by molar-refractivity contribution is 4.74. The summed E-state index contributed by atoms with van der Waals surface area (Å²) in [5.41, 5.74) is 0. The van der Waals surface area contributed by atoms with Crippen molar-refractivity contribution in [2.45, 2.75) is 155 Å². The Morgan fingerprint density at radius 3 is 1.08 bits per heavy atom. The van der Waals surface area contributed by atoms with Crippen molar-refractivity contribution >= 4 is 0 Å². The van der Waals surface area contributed by atoms with Gasteiger partial charge in [-0.3, -0.25) is 0 Å². The first-order valence-electron chi connectivity index (χ1n) is 12.1. The van der Waals surface area contributed by atoms with E-state index in [-0.39, 0.29) is 12.1 Å². The zero-order valence-electron chi connectivity index (χ0n) is 18.7. The van der Waals surface area contributed by atoms with Gasteiger partial charge in [0.25, 0.3) is 0 Å². The highest BCUT2D eigenvalue weighted by Gasteiger charge is 2.10. The predicted molar refractivity (Wildman–Crippen MR) is 119 cm³/mol. The van der Waals surface area contributed by atoms with E-state index in [1.165, 1.54) is 108 Å². The summed E-state index contributed by atoms with van der Waals surface area (Å²) in [6.45, 7) is 8.79. The standard InChI is InChI=1S/C24H50NO/c1-5-7-9-11-13-15-17-19-21-23(3)25(26)24(4)22-20-18-16-14-12-10-8-6-2/h23-24H,5-22H2,1-4H3/q-1. The molecule has 0 aromatic rings. The van der Waals surface area contributed by atoms with Gasteiger partial charge in [-0.2, -0.15) is 0 Å². The Morgan fingerprint density at radius 1 is 0.500 bits per heavy atom. The molecule has 26 heavy (non-hydrogen) atoms. The number of hydroxylamine groups is 2. The molecule has 2 unspecified atom stereocenters. The highest BCUT2D eigenvalue weighted by atomic mass is 16.5. The van der Waals surface area contributed by atoms with E-state index in [0.717, 1.165) is 12.8 Å². The molecule has 0 aromatic carbocycles. The fourth-order valence-corrected chi connectivity index (χ4v) is 3.84. The molecule has 0 saturated heterocycles. The molecule has 0 rings (SSSR count). The zero-order valence-corrected chi connectivity index (χ0v) is 18.7. The van der Waals surface area contributed by atoms with Gasteiger partial charge in [0.05, 0.1) is 0 Å². The van der Waals surface area contributed by atoms with Crippen molar-refractivity contribution in [3.05, 3.63) is 5.21 Å². The number of hydrogen-bond donors (Lipinski definition) is 0. The van der Waals surface area contributed by atoms with Crippen molar-refractivity contribution < 1.29 is 0 Å². The second-order valence-electron chi connectivity index (χ2n) is 8.59. The Bertz CT molecular complexity index is 243. The maximum absolute atomic E-state index is 12.4. The Hall–Kier alpha value is -0.0800. The molecule has 0 aliphatic rings. The Kier molecular flexibility index (Phi) is 19.6. The molecule has 0 radical (unpaired) electrons. The van der Waals surface area contributed by atoms with Gasteiger partial charge in [-0.05, 0) is 24.9 Å². The van der Waals surface area contributed by atoms with Crippen molar-refractivity contribution in [3.8, 4) is 0 Å². The van der Waals surface area contributed by atoms with Crippen LogP contribution in [0, 0.1) is 5.21 Å². The lowest BCUT2D eigenvalue weighted by Gasteiger charge is -2.40. The van der Waals surface area contributed by atoms with E-state index in [1.54, 1.807) is 0 Å². The van der Waals surface area contributed by atoms with Crippen LogP contribution in [0.15, 0.2) is 0 Å². The first-order chi connectivity index (χ1) is 12.6. The maximum Gasteiger partial charge on any atom is -0.00531 e. The lowest BCUT2D eigenvalue weighted by Crippen LogP contribution is -2.35. The van der Waals surface area contributed by atoms with E-state index in [0.29, 0.717) is 0 Å². The lowest BCUT2D eigenvalue weighted by molar-refractivity contribution is 0.203. The fraction of sp³-hybridized carbons (Fsp3) is 1.00. The van der Waals surface area contributed by atoms with Crippen molar-refractivity contribution in [2.24, 2.45) is 0 Å². The second kappa shape index (κ2) is 19.7. The summed E-state index contributed by atoms with van der Waals surface area (Å²) in [7, 11) is 0. The SMILES string of the molecule is CCCCCCCCCCC(C)N([O-])C(C)CCCCCCCCCC. The Balaban J connectivity index is 3.52. The molecule has 0 aliphatic heterocycles. The van der Waals surface area contributed by atoms with Crippen LogP contribution in [-0.4, -0.2) is 17.1 Å². The molecule has 0 aliphatic carbocycles. The molecule has 2 atom stereocenters. The third-order valence-electron chi connectivity index (χ3n) is 5.82. The normalized spacial score (nSPS) is 14.1. The molecule has 2 heteroatoms. The third-order valence-corrected chi connectivity index (χ3v) is 5.82. The quantitative estimate of drug-likeness (QED) is 0.159. The summed E-state index contributed by atoms with van der Waals surface area (Å²) in [4.78, 5) is 0. The summed E-state index contributed by atoms with van der Waals surface area (Å²) < 4.78 is 0. The van der Waals surface area contributed by atoms with Gasteiger partial charge < -0.3 is 10.3 Å². The Morgan fingerprint density at radius 2 is 0.769 bits per heavy atom. The molecule has 0 bridgehead atoms. The van der Waals surface area contributed by atoms with E-state index in [4.69, 9.17) is 0 Å². The monoisotopic (exact) mass is 368 g/mol. The van der Waals surface area contributed by atoms with Gasteiger partial charge in [0.15, 0.2) is 0 Å². The molecular weight excluding hydrogens is 318 g/mol. The zero-order chi connectivity index (χ0) is 19.5. The van der Waals surface area contributed by atoms with E-state index in [1.807, 2.05) is 0 Å². The second-order valence-corrected chi connectivity index (χ2v) is 8.59. The van der Waals surface area contributed by atoms with Crippen molar-refractivity contribution in [1.29, 1.82) is 0 Å². The van der Waals surface area contributed by atoms with Crippen molar-refractivity contribution in [1.82, 2.24) is 5.06 Å². The first kappa shape index (κ1) is 25.9. The molecule has 0 fully saturated rings. The number of nitrogens with zero attached hydrogens (tertiary/aromatic N) is 1. The van der Waals surface area contributed by atoms with Gasteiger partial charge in [0.1, 0.15) is 0 Å². The van der Waals surface area contributed by atoms with E-state index in [2.05, 4.69) is 27.7 Å². The summed E-state index contributed by atoms with van der Waals surface area (Å²) in [6, 6.07) is 0.387. The number of rotatable bonds is 20. The van der Waals surface area contributed by atoms with Gasteiger partial charge >= 0.3 is 0 Å². The average molecular weight is 369 g/mol. The summed E-state index contributed by atoms with van der Waals surface area (Å²) in [5, 5.41) is 13.8. The molecule has 158 valence electrons. The number of hydrogen-bond acceptors (Lipinski definition) is 2. The largest absolute Gasteiger partial charge is 0.785 e. The van der Waals surface area contributed by atoms with E-state index >= 15 is 0 Å². The molecule has 0 N–H and O–H groups in total. The Labute approximate surface area is 166 Å². The minimum absolute atomic E-state index is 0.194. The summed E-state index contributed by atoms with van der Waals surface area (Å²) in [6.07, 6.45) is 23.7. The summed E-state index contributed by atoms with van der Waals surface area (Å²) in [5.74, 6) is 0. The minimum atomic E-state index is 0.194. The van der Waals surface area contributed by atoms with Crippen LogP contribution >= 0.6 is 0 Å². The molecule has 0 amide bonds.